The van der Waals surface area contributed by atoms with E-state index in [0.717, 1.165) is 50.5 Å². The van der Waals surface area contributed by atoms with Crippen LogP contribution in [0.4, 0.5) is 4.79 Å². The van der Waals surface area contributed by atoms with Crippen LogP contribution in [0.15, 0.2) is 24.3 Å². The number of hydrogen-bond acceptors (Lipinski definition) is 4. The van der Waals surface area contributed by atoms with E-state index in [9.17, 15) is 9.59 Å². The van der Waals surface area contributed by atoms with E-state index >= 15 is 0 Å². The van der Waals surface area contributed by atoms with Crippen LogP contribution in [0.3, 0.4) is 0 Å². The zero-order chi connectivity index (χ0) is 17.0. The molecule has 2 aliphatic rings. The summed E-state index contributed by atoms with van der Waals surface area (Å²) in [4.78, 5) is 25.2. The molecule has 1 spiro atoms. The second-order valence-electron chi connectivity index (χ2n) is 6.23. The Balaban J connectivity index is 1.53. The average molecular weight is 350 g/mol. The predicted molar refractivity (Wildman–Crippen MR) is 92.5 cm³/mol. The largest absolute Gasteiger partial charge is 0.478 e. The van der Waals surface area contributed by atoms with Gasteiger partial charge in [0.1, 0.15) is 0 Å². The molecule has 2 heterocycles. The Morgan fingerprint density at radius 2 is 1.96 bits per heavy atom. The lowest BCUT2D eigenvalue weighted by Crippen LogP contribution is -2.53. The summed E-state index contributed by atoms with van der Waals surface area (Å²) in [5.74, 6) is 0.0129. The monoisotopic (exact) mass is 350 g/mol. The van der Waals surface area contributed by atoms with Crippen LogP contribution in [0, 0.1) is 0 Å². The van der Waals surface area contributed by atoms with Gasteiger partial charge >= 0.3 is 12.0 Å². The molecule has 0 radical (unpaired) electrons. The van der Waals surface area contributed by atoms with Gasteiger partial charge in [-0.2, -0.15) is 11.8 Å². The molecule has 2 saturated heterocycles. The third-order valence-corrected chi connectivity index (χ3v) is 6.12. The molecule has 0 saturated carbocycles. The second kappa shape index (κ2) is 7.44. The SMILES string of the molecule is O=C(O)c1ccc(CNC(=O)N2CCSC3(CCOCC3)C2)cc1. The number of carbonyl (C=O) groups excluding carboxylic acids is 1. The summed E-state index contributed by atoms with van der Waals surface area (Å²) >= 11 is 1.97. The molecule has 130 valence electrons. The minimum absolute atomic E-state index is 0.0523. The summed E-state index contributed by atoms with van der Waals surface area (Å²) in [5.41, 5.74) is 1.14. The van der Waals surface area contributed by atoms with Crippen molar-refractivity contribution in [2.75, 3.05) is 32.1 Å². The lowest BCUT2D eigenvalue weighted by molar-refractivity contribution is 0.0669. The number of nitrogens with one attached hydrogen (secondary N) is 1. The maximum Gasteiger partial charge on any atom is 0.335 e. The Morgan fingerprint density at radius 1 is 1.25 bits per heavy atom. The molecule has 2 fully saturated rings. The average Bonchev–Trinajstić information content (AvgIpc) is 2.60. The fourth-order valence-corrected chi connectivity index (χ4v) is 4.57. The van der Waals surface area contributed by atoms with Crippen LogP contribution >= 0.6 is 11.8 Å². The van der Waals surface area contributed by atoms with Gasteiger partial charge in [-0.15, -0.1) is 0 Å². The van der Waals surface area contributed by atoms with Gasteiger partial charge in [0, 0.05) is 43.3 Å². The lowest BCUT2D eigenvalue weighted by Gasteiger charge is -2.44. The zero-order valence-electron chi connectivity index (χ0n) is 13.5. The molecule has 0 bridgehead atoms. The highest BCUT2D eigenvalue weighted by Gasteiger charge is 2.39. The van der Waals surface area contributed by atoms with Crippen LogP contribution in [0.1, 0.15) is 28.8 Å². The number of carboxylic acids is 1. The second-order valence-corrected chi connectivity index (χ2v) is 7.79. The van der Waals surface area contributed by atoms with Crippen molar-refractivity contribution in [1.29, 1.82) is 0 Å². The summed E-state index contributed by atoms with van der Waals surface area (Å²) in [7, 11) is 0. The van der Waals surface area contributed by atoms with E-state index in [2.05, 4.69) is 5.32 Å². The van der Waals surface area contributed by atoms with E-state index in [-0.39, 0.29) is 16.3 Å². The lowest BCUT2D eigenvalue weighted by atomic mass is 9.98. The van der Waals surface area contributed by atoms with Gasteiger partial charge in [0.15, 0.2) is 0 Å². The van der Waals surface area contributed by atoms with Gasteiger partial charge < -0.3 is 20.1 Å². The van der Waals surface area contributed by atoms with E-state index in [1.807, 2.05) is 16.7 Å². The number of carbonyl (C=O) groups is 2. The third-order valence-electron chi connectivity index (χ3n) is 4.58. The van der Waals surface area contributed by atoms with Crippen molar-refractivity contribution in [2.45, 2.75) is 24.1 Å². The number of urea groups is 1. The molecule has 6 nitrogen and oxygen atoms in total. The topological polar surface area (TPSA) is 78.9 Å². The van der Waals surface area contributed by atoms with Crippen LogP contribution in [-0.4, -0.2) is 58.8 Å². The van der Waals surface area contributed by atoms with Crippen molar-refractivity contribution >= 4 is 23.8 Å². The fourth-order valence-electron chi connectivity index (χ4n) is 3.12. The summed E-state index contributed by atoms with van der Waals surface area (Å²) in [5, 5.41) is 11.8. The number of amides is 2. The van der Waals surface area contributed by atoms with Gasteiger partial charge in [-0.05, 0) is 30.5 Å². The maximum absolute atomic E-state index is 12.5. The Kier molecular flexibility index (Phi) is 5.30. The van der Waals surface area contributed by atoms with E-state index in [0.29, 0.717) is 6.54 Å². The molecule has 0 aliphatic carbocycles. The van der Waals surface area contributed by atoms with E-state index < -0.39 is 5.97 Å². The number of rotatable bonds is 3. The highest BCUT2D eigenvalue weighted by Crippen LogP contribution is 2.39. The molecule has 0 aromatic heterocycles. The van der Waals surface area contributed by atoms with Crippen LogP contribution in [0.5, 0.6) is 0 Å². The Morgan fingerprint density at radius 3 is 2.62 bits per heavy atom. The number of carboxylic acid groups (broad SMARTS) is 1. The van der Waals surface area contributed by atoms with Crippen molar-refractivity contribution < 1.29 is 19.4 Å². The van der Waals surface area contributed by atoms with E-state index in [1.54, 1.807) is 24.3 Å². The smallest absolute Gasteiger partial charge is 0.335 e. The van der Waals surface area contributed by atoms with Crippen LogP contribution in [-0.2, 0) is 11.3 Å². The number of aromatic carboxylic acids is 1. The molecular formula is C17H22N2O4S. The van der Waals surface area contributed by atoms with Gasteiger partial charge in [0.05, 0.1) is 5.56 Å². The minimum Gasteiger partial charge on any atom is -0.478 e. The maximum atomic E-state index is 12.5. The first-order valence-corrected chi connectivity index (χ1v) is 9.13. The molecule has 1 aromatic carbocycles. The number of hydrogen-bond donors (Lipinski definition) is 2. The Bertz CT molecular complexity index is 594. The van der Waals surface area contributed by atoms with Crippen molar-refractivity contribution in [3.8, 4) is 0 Å². The highest BCUT2D eigenvalue weighted by atomic mass is 32.2. The first kappa shape index (κ1) is 17.1. The van der Waals surface area contributed by atoms with Gasteiger partial charge in [-0.1, -0.05) is 12.1 Å². The Hall–Kier alpha value is -1.73. The van der Waals surface area contributed by atoms with Gasteiger partial charge in [-0.3, -0.25) is 0 Å². The molecule has 24 heavy (non-hydrogen) atoms. The predicted octanol–water partition coefficient (Wildman–Crippen LogP) is 2.19. The molecule has 7 heteroatoms. The summed E-state index contributed by atoms with van der Waals surface area (Å²) in [6.45, 7) is 3.48. The summed E-state index contributed by atoms with van der Waals surface area (Å²) in [6.07, 6.45) is 2.00. The number of thioether (sulfide) groups is 1. The number of nitrogens with zero attached hydrogens (tertiary/aromatic N) is 1. The number of ether oxygens (including phenoxy) is 1. The highest BCUT2D eigenvalue weighted by molar-refractivity contribution is 8.00. The molecular weight excluding hydrogens is 328 g/mol. The van der Waals surface area contributed by atoms with Gasteiger partial charge in [0.25, 0.3) is 0 Å². The fraction of sp³-hybridized carbons (Fsp3) is 0.529. The van der Waals surface area contributed by atoms with Crippen molar-refractivity contribution in [3.05, 3.63) is 35.4 Å². The minimum atomic E-state index is -0.946. The summed E-state index contributed by atoms with van der Waals surface area (Å²) in [6, 6.07) is 6.52. The molecule has 1 aromatic rings. The standard InChI is InChI=1S/C17H22N2O4S/c20-15(21)14-3-1-13(2-4-14)11-18-16(22)19-7-10-24-17(12-19)5-8-23-9-6-17/h1-4H,5-12H2,(H,18,22)(H,20,21). The quantitative estimate of drug-likeness (QED) is 0.874. The van der Waals surface area contributed by atoms with E-state index in [4.69, 9.17) is 9.84 Å². The number of benzene rings is 1. The third kappa shape index (κ3) is 4.02. The van der Waals surface area contributed by atoms with Gasteiger partial charge in [-0.25, -0.2) is 9.59 Å². The van der Waals surface area contributed by atoms with Crippen molar-refractivity contribution in [2.24, 2.45) is 0 Å². The first-order valence-electron chi connectivity index (χ1n) is 8.15. The van der Waals surface area contributed by atoms with Crippen LogP contribution in [0.25, 0.3) is 0 Å². The first-order chi connectivity index (χ1) is 11.6. The molecule has 0 atom stereocenters. The molecule has 2 N–H and O–H groups in total. The molecule has 0 unspecified atom stereocenters. The molecule has 2 amide bonds. The van der Waals surface area contributed by atoms with Crippen LogP contribution in [0.2, 0.25) is 0 Å². The van der Waals surface area contributed by atoms with Crippen molar-refractivity contribution in [3.63, 3.8) is 0 Å². The van der Waals surface area contributed by atoms with Gasteiger partial charge in [0.2, 0.25) is 0 Å². The molecule has 3 rings (SSSR count). The van der Waals surface area contributed by atoms with Crippen LogP contribution < -0.4 is 5.32 Å². The zero-order valence-corrected chi connectivity index (χ0v) is 14.3. The normalized spacial score (nSPS) is 19.9. The summed E-state index contributed by atoms with van der Waals surface area (Å²) < 4.78 is 5.60. The van der Waals surface area contributed by atoms with E-state index in [1.165, 1.54) is 0 Å². The Labute approximate surface area is 145 Å². The van der Waals surface area contributed by atoms with Crippen molar-refractivity contribution in [1.82, 2.24) is 10.2 Å². The molecule has 2 aliphatic heterocycles.